The van der Waals surface area contributed by atoms with Gasteiger partial charge in [0.2, 0.25) is 5.91 Å². The molecule has 1 aliphatic heterocycles. The van der Waals surface area contributed by atoms with Crippen LogP contribution < -0.4 is 0 Å². The summed E-state index contributed by atoms with van der Waals surface area (Å²) in [7, 11) is 0. The molecular weight excluding hydrogens is 354 g/mol. The molecule has 2 aromatic rings. The van der Waals surface area contributed by atoms with E-state index in [0.717, 1.165) is 50.9 Å². The molecule has 1 saturated carbocycles. The molecule has 144 valence electrons. The normalized spacial score (nSPS) is 19.0. The minimum atomic E-state index is -0.937. The third kappa shape index (κ3) is 3.83. The number of nitrogens with zero attached hydrogens (tertiary/aromatic N) is 6. The van der Waals surface area contributed by atoms with Crippen molar-refractivity contribution in [2.45, 2.75) is 32.2 Å². The second kappa shape index (κ2) is 7.67. The van der Waals surface area contributed by atoms with E-state index in [0.29, 0.717) is 37.1 Å². The van der Waals surface area contributed by atoms with E-state index in [1.54, 1.807) is 0 Å². The van der Waals surface area contributed by atoms with Crippen molar-refractivity contribution in [3.63, 3.8) is 0 Å². The first kappa shape index (κ1) is 18.0. The topological polar surface area (TPSA) is 67.2 Å². The van der Waals surface area contributed by atoms with Crippen molar-refractivity contribution in [3.8, 4) is 5.69 Å². The molecule has 1 amide bonds. The molecule has 1 aromatic heterocycles. The lowest BCUT2D eigenvalue weighted by Crippen LogP contribution is -2.49. The van der Waals surface area contributed by atoms with E-state index in [9.17, 15) is 13.6 Å². The number of carbonyl (C=O) groups excluding carboxylic acids is 1. The summed E-state index contributed by atoms with van der Waals surface area (Å²) in [5, 5.41) is 11.6. The third-order valence-corrected chi connectivity index (χ3v) is 5.44. The minimum absolute atomic E-state index is 0.206. The van der Waals surface area contributed by atoms with Crippen LogP contribution in [0.2, 0.25) is 0 Å². The fourth-order valence-electron chi connectivity index (χ4n) is 3.88. The highest BCUT2D eigenvalue weighted by atomic mass is 19.2. The summed E-state index contributed by atoms with van der Waals surface area (Å²) in [6.07, 6.45) is 4.34. The van der Waals surface area contributed by atoms with Crippen molar-refractivity contribution >= 4 is 5.91 Å². The van der Waals surface area contributed by atoms with Gasteiger partial charge in [-0.1, -0.05) is 12.8 Å². The van der Waals surface area contributed by atoms with Crippen LogP contribution >= 0.6 is 0 Å². The molecule has 0 bridgehead atoms. The monoisotopic (exact) mass is 376 g/mol. The smallest absolute Gasteiger partial charge is 0.225 e. The van der Waals surface area contributed by atoms with E-state index in [1.165, 1.54) is 10.7 Å². The quantitative estimate of drug-likeness (QED) is 0.814. The number of hydrogen-bond donors (Lipinski definition) is 0. The molecular formula is C18H22F2N6O. The number of benzene rings is 1. The molecule has 27 heavy (non-hydrogen) atoms. The molecule has 2 heterocycles. The molecule has 2 aliphatic rings. The van der Waals surface area contributed by atoms with Crippen molar-refractivity contribution in [1.82, 2.24) is 30.0 Å². The van der Waals surface area contributed by atoms with Crippen LogP contribution in [0.1, 0.15) is 31.5 Å². The summed E-state index contributed by atoms with van der Waals surface area (Å²) in [4.78, 5) is 16.7. The van der Waals surface area contributed by atoms with Gasteiger partial charge < -0.3 is 4.90 Å². The molecule has 1 aliphatic carbocycles. The Morgan fingerprint density at radius 1 is 1.07 bits per heavy atom. The predicted molar refractivity (Wildman–Crippen MR) is 92.9 cm³/mol. The summed E-state index contributed by atoms with van der Waals surface area (Å²) in [5.74, 6) is -0.794. The molecule has 1 aromatic carbocycles. The summed E-state index contributed by atoms with van der Waals surface area (Å²) < 4.78 is 28.1. The van der Waals surface area contributed by atoms with Crippen LogP contribution in [-0.4, -0.2) is 62.1 Å². The van der Waals surface area contributed by atoms with Gasteiger partial charge in [-0.3, -0.25) is 9.69 Å². The zero-order chi connectivity index (χ0) is 18.8. The van der Waals surface area contributed by atoms with Gasteiger partial charge in [0.25, 0.3) is 0 Å². The van der Waals surface area contributed by atoms with Crippen LogP contribution in [0.25, 0.3) is 5.69 Å². The van der Waals surface area contributed by atoms with Crippen molar-refractivity contribution in [3.05, 3.63) is 35.7 Å². The fraction of sp³-hybridized carbons (Fsp3) is 0.556. The summed E-state index contributed by atoms with van der Waals surface area (Å²) >= 11 is 0. The average Bonchev–Trinajstić information content (AvgIpc) is 3.36. The number of piperazine rings is 1. The van der Waals surface area contributed by atoms with Crippen molar-refractivity contribution in [1.29, 1.82) is 0 Å². The first-order valence-corrected chi connectivity index (χ1v) is 9.35. The van der Waals surface area contributed by atoms with Crippen LogP contribution in [0.5, 0.6) is 0 Å². The maximum Gasteiger partial charge on any atom is 0.225 e. The molecule has 0 N–H and O–H groups in total. The second-order valence-corrected chi connectivity index (χ2v) is 7.19. The lowest BCUT2D eigenvalue weighted by molar-refractivity contribution is -0.137. The van der Waals surface area contributed by atoms with Gasteiger partial charge in [0.15, 0.2) is 17.5 Å². The zero-order valence-corrected chi connectivity index (χ0v) is 15.0. The van der Waals surface area contributed by atoms with Crippen LogP contribution in [0.3, 0.4) is 0 Å². The van der Waals surface area contributed by atoms with Gasteiger partial charge in [-0.15, -0.1) is 5.10 Å². The number of hydrogen-bond acceptors (Lipinski definition) is 5. The molecule has 0 atom stereocenters. The Hall–Kier alpha value is -2.42. The Morgan fingerprint density at radius 3 is 2.52 bits per heavy atom. The van der Waals surface area contributed by atoms with Gasteiger partial charge in [-0.2, -0.15) is 4.68 Å². The first-order chi connectivity index (χ1) is 13.1. The fourth-order valence-corrected chi connectivity index (χ4v) is 3.88. The molecule has 0 spiro atoms. The number of rotatable bonds is 4. The van der Waals surface area contributed by atoms with Gasteiger partial charge in [0.1, 0.15) is 0 Å². The predicted octanol–water partition coefficient (Wildman–Crippen LogP) is 1.77. The molecule has 7 nitrogen and oxygen atoms in total. The largest absolute Gasteiger partial charge is 0.340 e. The van der Waals surface area contributed by atoms with E-state index in [1.807, 2.05) is 4.90 Å². The average molecular weight is 376 g/mol. The van der Waals surface area contributed by atoms with Gasteiger partial charge in [-0.05, 0) is 35.4 Å². The Morgan fingerprint density at radius 2 is 1.81 bits per heavy atom. The molecule has 9 heteroatoms. The molecule has 4 rings (SSSR count). The van der Waals surface area contributed by atoms with Crippen LogP contribution in [0.15, 0.2) is 18.2 Å². The molecule has 0 unspecified atom stereocenters. The number of aromatic nitrogens is 4. The van der Waals surface area contributed by atoms with E-state index < -0.39 is 11.6 Å². The van der Waals surface area contributed by atoms with Crippen LogP contribution in [0.4, 0.5) is 8.78 Å². The summed E-state index contributed by atoms with van der Waals surface area (Å²) in [6, 6.07) is 3.58. The SMILES string of the molecule is O=C(C1CCCC1)N1CCN(Cc2nnnn2-c2ccc(F)c(F)c2)CC1. The Kier molecular flexibility index (Phi) is 5.11. The molecule has 0 radical (unpaired) electrons. The maximum atomic E-state index is 13.5. The molecule has 2 fully saturated rings. The first-order valence-electron chi connectivity index (χ1n) is 9.35. The molecule has 1 saturated heterocycles. The van der Waals surface area contributed by atoms with Crippen molar-refractivity contribution < 1.29 is 13.6 Å². The van der Waals surface area contributed by atoms with Crippen LogP contribution in [0, 0.1) is 17.6 Å². The lowest BCUT2D eigenvalue weighted by Gasteiger charge is -2.35. The zero-order valence-electron chi connectivity index (χ0n) is 15.0. The minimum Gasteiger partial charge on any atom is -0.340 e. The van der Waals surface area contributed by atoms with E-state index in [-0.39, 0.29) is 5.92 Å². The van der Waals surface area contributed by atoms with E-state index in [4.69, 9.17) is 0 Å². The summed E-state index contributed by atoms with van der Waals surface area (Å²) in [5.41, 5.74) is 0.379. The van der Waals surface area contributed by atoms with E-state index in [2.05, 4.69) is 20.4 Å². The van der Waals surface area contributed by atoms with Gasteiger partial charge in [0.05, 0.1) is 12.2 Å². The highest BCUT2D eigenvalue weighted by Gasteiger charge is 2.29. The maximum absolute atomic E-state index is 13.5. The van der Waals surface area contributed by atoms with Crippen LogP contribution in [-0.2, 0) is 11.3 Å². The van der Waals surface area contributed by atoms with Gasteiger partial charge >= 0.3 is 0 Å². The standard InChI is InChI=1S/C18H22F2N6O/c19-15-6-5-14(11-16(15)20)26-17(21-22-23-26)12-24-7-9-25(10-8-24)18(27)13-3-1-2-4-13/h5-6,11,13H,1-4,7-10,12H2. The van der Waals surface area contributed by atoms with Gasteiger partial charge in [-0.25, -0.2) is 8.78 Å². The number of amides is 1. The third-order valence-electron chi connectivity index (χ3n) is 5.44. The van der Waals surface area contributed by atoms with Crippen molar-refractivity contribution in [2.24, 2.45) is 5.92 Å². The summed E-state index contributed by atoms with van der Waals surface area (Å²) in [6.45, 7) is 3.35. The number of halogens is 2. The second-order valence-electron chi connectivity index (χ2n) is 7.19. The highest BCUT2D eigenvalue weighted by Crippen LogP contribution is 2.27. The van der Waals surface area contributed by atoms with Gasteiger partial charge in [0, 0.05) is 38.2 Å². The van der Waals surface area contributed by atoms with E-state index >= 15 is 0 Å². The Balaban J connectivity index is 1.38. The van der Waals surface area contributed by atoms with Crippen molar-refractivity contribution in [2.75, 3.05) is 26.2 Å². The lowest BCUT2D eigenvalue weighted by atomic mass is 10.1. The highest BCUT2D eigenvalue weighted by molar-refractivity contribution is 5.79. The Bertz CT molecular complexity index is 812. The number of carbonyl (C=O) groups is 1. The number of tetrazole rings is 1. The Labute approximate surface area is 155 Å².